The highest BCUT2D eigenvalue weighted by molar-refractivity contribution is 5.95. The first-order valence-corrected chi connectivity index (χ1v) is 6.42. The maximum Gasteiger partial charge on any atom is 0.254 e. The number of imidazole rings is 1. The number of nitrogen functional groups attached to an aromatic ring is 1. The SMILES string of the molecule is COc1cc(C(=O)N2CCn3ccnc3C2)ccc1N. The lowest BCUT2D eigenvalue weighted by atomic mass is 10.1. The van der Waals surface area contributed by atoms with Crippen LogP contribution in [0.25, 0.3) is 0 Å². The van der Waals surface area contributed by atoms with Gasteiger partial charge in [-0.05, 0) is 18.2 Å². The second-order valence-corrected chi connectivity index (χ2v) is 4.72. The largest absolute Gasteiger partial charge is 0.495 e. The fourth-order valence-electron chi connectivity index (χ4n) is 2.37. The molecule has 104 valence electrons. The number of benzene rings is 1. The van der Waals surface area contributed by atoms with Gasteiger partial charge in [0.15, 0.2) is 0 Å². The number of nitrogens with zero attached hydrogens (tertiary/aromatic N) is 3. The summed E-state index contributed by atoms with van der Waals surface area (Å²) < 4.78 is 7.22. The molecule has 0 unspecified atom stereocenters. The number of hydrogen-bond donors (Lipinski definition) is 1. The van der Waals surface area contributed by atoms with Crippen LogP contribution in [0, 0.1) is 0 Å². The van der Waals surface area contributed by atoms with E-state index in [1.807, 2.05) is 6.20 Å². The van der Waals surface area contributed by atoms with Crippen LogP contribution in [0.1, 0.15) is 16.2 Å². The number of fused-ring (bicyclic) bond motifs is 1. The van der Waals surface area contributed by atoms with E-state index in [2.05, 4.69) is 9.55 Å². The lowest BCUT2D eigenvalue weighted by Crippen LogP contribution is -2.38. The molecule has 0 bridgehead atoms. The second kappa shape index (κ2) is 4.88. The number of carbonyl (C=O) groups is 1. The monoisotopic (exact) mass is 272 g/mol. The van der Waals surface area contributed by atoms with Crippen molar-refractivity contribution in [1.29, 1.82) is 0 Å². The number of hydrogen-bond acceptors (Lipinski definition) is 4. The minimum Gasteiger partial charge on any atom is -0.495 e. The minimum atomic E-state index is -0.0300. The van der Waals surface area contributed by atoms with Gasteiger partial charge in [0.05, 0.1) is 19.3 Å². The molecular weight excluding hydrogens is 256 g/mol. The Balaban J connectivity index is 1.83. The molecule has 1 aliphatic heterocycles. The Labute approximate surface area is 116 Å². The molecule has 6 nitrogen and oxygen atoms in total. The van der Waals surface area contributed by atoms with Crippen LogP contribution in [0.4, 0.5) is 5.69 Å². The molecule has 0 atom stereocenters. The van der Waals surface area contributed by atoms with Gasteiger partial charge >= 0.3 is 0 Å². The van der Waals surface area contributed by atoms with Crippen LogP contribution in [0.15, 0.2) is 30.6 Å². The molecule has 0 radical (unpaired) electrons. The highest BCUT2D eigenvalue weighted by Crippen LogP contribution is 2.23. The van der Waals surface area contributed by atoms with Crippen LogP contribution in [0.2, 0.25) is 0 Å². The Hall–Kier alpha value is -2.50. The van der Waals surface area contributed by atoms with E-state index in [0.29, 0.717) is 30.1 Å². The molecule has 0 saturated heterocycles. The molecule has 20 heavy (non-hydrogen) atoms. The number of aromatic nitrogens is 2. The molecule has 0 aliphatic carbocycles. The normalized spacial score (nSPS) is 13.9. The van der Waals surface area contributed by atoms with Gasteiger partial charge in [-0.1, -0.05) is 0 Å². The third kappa shape index (κ3) is 2.09. The lowest BCUT2D eigenvalue weighted by molar-refractivity contribution is 0.0707. The molecule has 1 aromatic carbocycles. The topological polar surface area (TPSA) is 73.4 Å². The summed E-state index contributed by atoms with van der Waals surface area (Å²) in [6, 6.07) is 5.09. The quantitative estimate of drug-likeness (QED) is 0.832. The Morgan fingerprint density at radius 3 is 3.05 bits per heavy atom. The van der Waals surface area contributed by atoms with Crippen LogP contribution in [0.5, 0.6) is 5.75 Å². The van der Waals surface area contributed by atoms with E-state index < -0.39 is 0 Å². The average Bonchev–Trinajstić information content (AvgIpc) is 2.94. The Bertz CT molecular complexity index is 650. The number of anilines is 1. The van der Waals surface area contributed by atoms with Gasteiger partial charge in [-0.15, -0.1) is 0 Å². The Morgan fingerprint density at radius 1 is 1.40 bits per heavy atom. The third-order valence-electron chi connectivity index (χ3n) is 3.51. The number of carbonyl (C=O) groups excluding carboxylic acids is 1. The summed E-state index contributed by atoms with van der Waals surface area (Å²) in [5.74, 6) is 1.40. The summed E-state index contributed by atoms with van der Waals surface area (Å²) in [5.41, 5.74) is 6.87. The Morgan fingerprint density at radius 2 is 2.25 bits per heavy atom. The van der Waals surface area contributed by atoms with Gasteiger partial charge in [-0.25, -0.2) is 4.98 Å². The van der Waals surface area contributed by atoms with Gasteiger partial charge in [0, 0.05) is 31.0 Å². The standard InChI is InChI=1S/C14H16N4O2/c1-20-12-8-10(2-3-11(12)15)14(19)18-7-6-17-5-4-16-13(17)9-18/h2-5,8H,6-7,9,15H2,1H3. The van der Waals surface area contributed by atoms with Crippen molar-refractivity contribution in [2.75, 3.05) is 19.4 Å². The van der Waals surface area contributed by atoms with Crippen molar-refractivity contribution in [2.24, 2.45) is 0 Å². The van der Waals surface area contributed by atoms with Crippen LogP contribution >= 0.6 is 0 Å². The van der Waals surface area contributed by atoms with Crippen LogP contribution in [-0.4, -0.2) is 34.0 Å². The zero-order chi connectivity index (χ0) is 14.1. The van der Waals surface area contributed by atoms with E-state index in [9.17, 15) is 4.79 Å². The van der Waals surface area contributed by atoms with E-state index in [1.165, 1.54) is 7.11 Å². The number of ether oxygens (including phenoxy) is 1. The predicted octanol–water partition coefficient (Wildman–Crippen LogP) is 1.13. The molecule has 2 N–H and O–H groups in total. The summed E-state index contributed by atoms with van der Waals surface area (Å²) >= 11 is 0. The minimum absolute atomic E-state index is 0.0300. The van der Waals surface area contributed by atoms with Crippen molar-refractivity contribution in [2.45, 2.75) is 13.1 Å². The molecule has 1 aliphatic rings. The second-order valence-electron chi connectivity index (χ2n) is 4.72. The van der Waals surface area contributed by atoms with Crippen LogP contribution in [-0.2, 0) is 13.1 Å². The average molecular weight is 272 g/mol. The number of methoxy groups -OCH3 is 1. The molecule has 0 saturated carbocycles. The van der Waals surface area contributed by atoms with Gasteiger partial charge in [-0.2, -0.15) is 0 Å². The third-order valence-corrected chi connectivity index (χ3v) is 3.51. The highest BCUT2D eigenvalue weighted by Gasteiger charge is 2.22. The number of rotatable bonds is 2. The van der Waals surface area contributed by atoms with Gasteiger partial charge < -0.3 is 19.9 Å². The number of amides is 1. The van der Waals surface area contributed by atoms with Crippen molar-refractivity contribution in [3.05, 3.63) is 42.0 Å². The zero-order valence-corrected chi connectivity index (χ0v) is 11.2. The van der Waals surface area contributed by atoms with Crippen LogP contribution in [0.3, 0.4) is 0 Å². The van der Waals surface area contributed by atoms with E-state index in [1.54, 1.807) is 29.3 Å². The van der Waals surface area contributed by atoms with Crippen molar-refractivity contribution < 1.29 is 9.53 Å². The maximum atomic E-state index is 12.5. The van der Waals surface area contributed by atoms with Gasteiger partial charge in [0.1, 0.15) is 11.6 Å². The molecule has 2 heterocycles. The smallest absolute Gasteiger partial charge is 0.254 e. The number of nitrogens with two attached hydrogens (primary N) is 1. The van der Waals surface area contributed by atoms with Crippen LogP contribution < -0.4 is 10.5 Å². The first-order chi connectivity index (χ1) is 9.69. The molecule has 6 heteroatoms. The van der Waals surface area contributed by atoms with E-state index >= 15 is 0 Å². The zero-order valence-electron chi connectivity index (χ0n) is 11.2. The molecule has 1 amide bonds. The molecule has 2 aromatic rings. The molecule has 1 aromatic heterocycles. The predicted molar refractivity (Wildman–Crippen MR) is 74.4 cm³/mol. The summed E-state index contributed by atoms with van der Waals surface area (Å²) in [5, 5.41) is 0. The molecule has 0 fully saturated rings. The highest BCUT2D eigenvalue weighted by atomic mass is 16.5. The summed E-state index contributed by atoms with van der Waals surface area (Å²) in [4.78, 5) is 18.5. The van der Waals surface area contributed by atoms with E-state index in [-0.39, 0.29) is 5.91 Å². The molecule has 3 rings (SSSR count). The Kier molecular flexibility index (Phi) is 3.06. The van der Waals surface area contributed by atoms with Crippen molar-refractivity contribution in [1.82, 2.24) is 14.5 Å². The first-order valence-electron chi connectivity index (χ1n) is 6.42. The molecular formula is C14H16N4O2. The lowest BCUT2D eigenvalue weighted by Gasteiger charge is -2.27. The summed E-state index contributed by atoms with van der Waals surface area (Å²) in [7, 11) is 1.54. The fourth-order valence-corrected chi connectivity index (χ4v) is 2.37. The van der Waals surface area contributed by atoms with Gasteiger partial charge in [0.25, 0.3) is 5.91 Å². The van der Waals surface area contributed by atoms with Crippen molar-refractivity contribution >= 4 is 11.6 Å². The maximum absolute atomic E-state index is 12.5. The van der Waals surface area contributed by atoms with E-state index in [4.69, 9.17) is 10.5 Å². The van der Waals surface area contributed by atoms with Gasteiger partial charge in [-0.3, -0.25) is 4.79 Å². The fraction of sp³-hybridized carbons (Fsp3) is 0.286. The van der Waals surface area contributed by atoms with Gasteiger partial charge in [0.2, 0.25) is 0 Å². The van der Waals surface area contributed by atoms with Crippen molar-refractivity contribution in [3.8, 4) is 5.75 Å². The summed E-state index contributed by atoms with van der Waals surface area (Å²) in [6.07, 6.45) is 3.69. The van der Waals surface area contributed by atoms with Crippen molar-refractivity contribution in [3.63, 3.8) is 0 Å². The summed E-state index contributed by atoms with van der Waals surface area (Å²) in [6.45, 7) is 1.97. The first kappa shape index (κ1) is 12.5. The van der Waals surface area contributed by atoms with E-state index in [0.717, 1.165) is 12.4 Å². The molecule has 0 spiro atoms.